The Morgan fingerprint density at radius 3 is 2.80 bits per heavy atom. The molecule has 0 spiro atoms. The van der Waals surface area contributed by atoms with Gasteiger partial charge in [0.25, 0.3) is 0 Å². The average Bonchev–Trinajstić information content (AvgIpc) is 2.40. The Balaban J connectivity index is 2.16. The highest BCUT2D eigenvalue weighted by atomic mass is 79.9. The molecule has 0 radical (unpaired) electrons. The van der Waals surface area contributed by atoms with E-state index in [1.807, 2.05) is 19.1 Å². The van der Waals surface area contributed by atoms with Crippen molar-refractivity contribution in [1.82, 2.24) is 4.90 Å². The first-order chi connectivity index (χ1) is 9.51. The van der Waals surface area contributed by atoms with Crippen LogP contribution in [-0.2, 0) is 6.54 Å². The van der Waals surface area contributed by atoms with E-state index in [2.05, 4.69) is 34.7 Å². The highest BCUT2D eigenvalue weighted by molar-refractivity contribution is 9.10. The van der Waals surface area contributed by atoms with E-state index in [0.29, 0.717) is 22.9 Å². The van der Waals surface area contributed by atoms with Gasteiger partial charge < -0.3 is 9.84 Å². The van der Waals surface area contributed by atoms with Crippen molar-refractivity contribution < 1.29 is 9.84 Å². The molecular weight excluding hydrogens is 318 g/mol. The van der Waals surface area contributed by atoms with Crippen LogP contribution >= 0.6 is 15.9 Å². The Bertz CT molecular complexity index is 464. The van der Waals surface area contributed by atoms with Gasteiger partial charge in [-0.1, -0.05) is 6.92 Å². The summed E-state index contributed by atoms with van der Waals surface area (Å²) in [6, 6.07) is 4.56. The van der Waals surface area contributed by atoms with Gasteiger partial charge in [-0.25, -0.2) is 0 Å². The molecule has 1 aromatic rings. The molecule has 112 valence electrons. The third-order valence-corrected chi connectivity index (χ3v) is 4.62. The van der Waals surface area contributed by atoms with Gasteiger partial charge >= 0.3 is 0 Å². The fourth-order valence-electron chi connectivity index (χ4n) is 2.82. The Kier molecular flexibility index (Phi) is 5.33. The molecule has 0 bridgehead atoms. The second-order valence-corrected chi connectivity index (χ2v) is 6.67. The molecule has 1 saturated heterocycles. The maximum Gasteiger partial charge on any atom is 0.172 e. The molecule has 1 heterocycles. The fraction of sp³-hybridized carbons (Fsp3) is 0.625. The van der Waals surface area contributed by atoms with E-state index in [4.69, 9.17) is 4.74 Å². The zero-order valence-electron chi connectivity index (χ0n) is 12.5. The van der Waals surface area contributed by atoms with Gasteiger partial charge in [-0.2, -0.15) is 0 Å². The second-order valence-electron chi connectivity index (χ2n) is 5.82. The van der Waals surface area contributed by atoms with Crippen LogP contribution < -0.4 is 4.74 Å². The minimum absolute atomic E-state index is 0.190. The van der Waals surface area contributed by atoms with Crippen LogP contribution in [0.15, 0.2) is 16.6 Å². The summed E-state index contributed by atoms with van der Waals surface area (Å²) >= 11 is 3.41. The lowest BCUT2D eigenvalue weighted by atomic mass is 9.94. The van der Waals surface area contributed by atoms with Gasteiger partial charge in [-0.3, -0.25) is 4.90 Å². The summed E-state index contributed by atoms with van der Waals surface area (Å²) in [4.78, 5) is 2.52. The minimum atomic E-state index is 0.190. The van der Waals surface area contributed by atoms with Gasteiger partial charge in [0.2, 0.25) is 0 Å². The Morgan fingerprint density at radius 2 is 2.10 bits per heavy atom. The minimum Gasteiger partial charge on any atom is -0.503 e. The van der Waals surface area contributed by atoms with Crippen LogP contribution in [0.3, 0.4) is 0 Å². The molecule has 1 aromatic carbocycles. The molecule has 2 rings (SSSR count). The molecule has 0 aromatic heterocycles. The van der Waals surface area contributed by atoms with Crippen molar-refractivity contribution in [2.24, 2.45) is 5.92 Å². The van der Waals surface area contributed by atoms with Crippen molar-refractivity contribution in [3.8, 4) is 11.5 Å². The van der Waals surface area contributed by atoms with Crippen LogP contribution in [0.5, 0.6) is 11.5 Å². The van der Waals surface area contributed by atoms with Crippen molar-refractivity contribution in [1.29, 1.82) is 0 Å². The first-order valence-corrected chi connectivity index (χ1v) is 8.18. The highest BCUT2D eigenvalue weighted by Gasteiger charge is 2.23. The SMILES string of the molecule is CCOc1cc(CN2CC(C)CCC2C)cc(Br)c1O. The van der Waals surface area contributed by atoms with Gasteiger partial charge in [-0.15, -0.1) is 0 Å². The van der Waals surface area contributed by atoms with E-state index in [1.54, 1.807) is 0 Å². The number of ether oxygens (including phenoxy) is 1. The molecule has 3 nitrogen and oxygen atoms in total. The average molecular weight is 342 g/mol. The first kappa shape index (κ1) is 15.6. The van der Waals surface area contributed by atoms with Gasteiger partial charge in [0.05, 0.1) is 11.1 Å². The normalized spacial score (nSPS) is 23.8. The van der Waals surface area contributed by atoms with E-state index in [0.717, 1.165) is 19.0 Å². The summed E-state index contributed by atoms with van der Waals surface area (Å²) in [6.07, 6.45) is 2.58. The van der Waals surface area contributed by atoms with Crippen LogP contribution in [0, 0.1) is 5.92 Å². The number of halogens is 1. The lowest BCUT2D eigenvalue weighted by molar-refractivity contribution is 0.117. The number of hydrogen-bond acceptors (Lipinski definition) is 3. The lowest BCUT2D eigenvalue weighted by Crippen LogP contribution is -2.40. The number of phenols is 1. The molecule has 0 amide bonds. The zero-order chi connectivity index (χ0) is 14.7. The highest BCUT2D eigenvalue weighted by Crippen LogP contribution is 2.36. The number of likely N-dealkylation sites (tertiary alicyclic amines) is 1. The topological polar surface area (TPSA) is 32.7 Å². The number of aromatic hydroxyl groups is 1. The van der Waals surface area contributed by atoms with Crippen LogP contribution in [0.1, 0.15) is 39.2 Å². The molecule has 1 aliphatic rings. The quantitative estimate of drug-likeness (QED) is 0.891. The second kappa shape index (κ2) is 6.81. The number of phenolic OH excluding ortho intramolecular Hbond substituents is 1. The largest absolute Gasteiger partial charge is 0.503 e. The van der Waals surface area contributed by atoms with Crippen molar-refractivity contribution >= 4 is 15.9 Å². The van der Waals surface area contributed by atoms with E-state index in [9.17, 15) is 5.11 Å². The molecule has 1 N–H and O–H groups in total. The van der Waals surface area contributed by atoms with Crippen LogP contribution in [0.2, 0.25) is 0 Å². The van der Waals surface area contributed by atoms with Crippen LogP contribution in [0.4, 0.5) is 0 Å². The third-order valence-electron chi connectivity index (χ3n) is 4.02. The summed E-state index contributed by atoms with van der Waals surface area (Å²) in [7, 11) is 0. The molecule has 0 aliphatic carbocycles. The Morgan fingerprint density at radius 1 is 1.35 bits per heavy atom. The standard InChI is InChI=1S/C16H24BrNO2/c1-4-20-15-8-13(7-14(17)16(15)19)10-18-9-11(2)5-6-12(18)3/h7-8,11-12,19H,4-6,9-10H2,1-3H3. The van der Waals surface area contributed by atoms with E-state index in [-0.39, 0.29) is 5.75 Å². The zero-order valence-corrected chi connectivity index (χ0v) is 14.1. The van der Waals surface area contributed by atoms with Crippen LogP contribution in [-0.4, -0.2) is 29.2 Å². The Hall–Kier alpha value is -0.740. The first-order valence-electron chi connectivity index (χ1n) is 7.39. The lowest BCUT2D eigenvalue weighted by Gasteiger charge is -2.36. The predicted molar refractivity (Wildman–Crippen MR) is 85.2 cm³/mol. The summed E-state index contributed by atoms with van der Waals surface area (Å²) in [5.41, 5.74) is 1.18. The summed E-state index contributed by atoms with van der Waals surface area (Å²) in [5.74, 6) is 1.52. The maximum absolute atomic E-state index is 9.97. The molecular formula is C16H24BrNO2. The van der Waals surface area contributed by atoms with E-state index < -0.39 is 0 Å². The molecule has 2 unspecified atom stereocenters. The summed E-state index contributed by atoms with van der Waals surface area (Å²) in [6.45, 7) is 9.14. The molecule has 1 aliphatic heterocycles. The molecule has 20 heavy (non-hydrogen) atoms. The fourth-order valence-corrected chi connectivity index (χ4v) is 3.31. The molecule has 4 heteroatoms. The monoisotopic (exact) mass is 341 g/mol. The number of hydrogen-bond donors (Lipinski definition) is 1. The summed E-state index contributed by atoms with van der Waals surface area (Å²) in [5, 5.41) is 9.97. The van der Waals surface area contributed by atoms with Gasteiger partial charge in [0.1, 0.15) is 0 Å². The van der Waals surface area contributed by atoms with Gasteiger partial charge in [0.15, 0.2) is 11.5 Å². The van der Waals surface area contributed by atoms with Gasteiger partial charge in [0, 0.05) is 19.1 Å². The third kappa shape index (κ3) is 3.67. The number of nitrogens with zero attached hydrogens (tertiary/aromatic N) is 1. The van der Waals surface area contributed by atoms with E-state index >= 15 is 0 Å². The van der Waals surface area contributed by atoms with E-state index in [1.165, 1.54) is 18.4 Å². The number of piperidine rings is 1. The Labute approximate surface area is 130 Å². The van der Waals surface area contributed by atoms with Crippen molar-refractivity contribution in [2.75, 3.05) is 13.2 Å². The number of rotatable bonds is 4. The number of benzene rings is 1. The maximum atomic E-state index is 9.97. The molecule has 2 atom stereocenters. The van der Waals surface area contributed by atoms with Crippen molar-refractivity contribution in [3.05, 3.63) is 22.2 Å². The van der Waals surface area contributed by atoms with Crippen LogP contribution in [0.25, 0.3) is 0 Å². The van der Waals surface area contributed by atoms with Gasteiger partial charge in [-0.05, 0) is 66.2 Å². The summed E-state index contributed by atoms with van der Waals surface area (Å²) < 4.78 is 6.20. The molecule has 0 saturated carbocycles. The van der Waals surface area contributed by atoms with Crippen molar-refractivity contribution in [2.45, 2.75) is 46.2 Å². The molecule has 1 fully saturated rings. The smallest absolute Gasteiger partial charge is 0.172 e. The van der Waals surface area contributed by atoms with Crippen molar-refractivity contribution in [3.63, 3.8) is 0 Å². The predicted octanol–water partition coefficient (Wildman–Crippen LogP) is 4.17.